The van der Waals surface area contributed by atoms with Gasteiger partial charge in [0, 0.05) is 30.3 Å². The van der Waals surface area contributed by atoms with E-state index >= 15 is 0 Å². The summed E-state index contributed by atoms with van der Waals surface area (Å²) >= 11 is 1.23. The van der Waals surface area contributed by atoms with Gasteiger partial charge in [0.2, 0.25) is 5.91 Å². The number of carboxylic acid groups (broad SMARTS) is 1. The van der Waals surface area contributed by atoms with Gasteiger partial charge >= 0.3 is 12.1 Å². The van der Waals surface area contributed by atoms with Crippen molar-refractivity contribution < 1.29 is 24.2 Å². The second-order valence-electron chi connectivity index (χ2n) is 8.96. The maximum atomic E-state index is 12.5. The molecule has 9 heteroatoms. The summed E-state index contributed by atoms with van der Waals surface area (Å²) in [4.78, 5) is 41.9. The molecule has 1 unspecified atom stereocenters. The SMILES string of the molecule is CC(C(=O)O)C1CN(C(=O)Cc2csc(NC(=O)OCC3c4ccccc4-c4ccccc43)n2)C1. The summed E-state index contributed by atoms with van der Waals surface area (Å²) in [6.45, 7) is 2.76. The highest BCUT2D eigenvalue weighted by Gasteiger charge is 2.37. The van der Waals surface area contributed by atoms with Crippen molar-refractivity contribution in [3.05, 3.63) is 70.7 Å². The Labute approximate surface area is 206 Å². The monoisotopic (exact) mass is 491 g/mol. The third-order valence-corrected chi connectivity index (χ3v) is 7.60. The topological polar surface area (TPSA) is 109 Å². The predicted molar refractivity (Wildman–Crippen MR) is 131 cm³/mol. The number of fused-ring (bicyclic) bond motifs is 3. The largest absolute Gasteiger partial charge is 0.481 e. The lowest BCUT2D eigenvalue weighted by Gasteiger charge is -2.41. The summed E-state index contributed by atoms with van der Waals surface area (Å²) in [6.07, 6.45) is -0.482. The number of hydrogen-bond donors (Lipinski definition) is 2. The van der Waals surface area contributed by atoms with Crippen LogP contribution in [0.4, 0.5) is 9.93 Å². The van der Waals surface area contributed by atoms with E-state index in [1.54, 1.807) is 17.2 Å². The molecule has 2 aliphatic rings. The second-order valence-corrected chi connectivity index (χ2v) is 9.82. The summed E-state index contributed by atoms with van der Waals surface area (Å²) < 4.78 is 5.55. The fourth-order valence-electron chi connectivity index (χ4n) is 4.67. The van der Waals surface area contributed by atoms with Crippen LogP contribution < -0.4 is 5.32 Å². The molecular formula is C26H25N3O5S. The van der Waals surface area contributed by atoms with Crippen LogP contribution in [0.25, 0.3) is 11.1 Å². The first-order valence-corrected chi connectivity index (χ1v) is 12.4. The molecule has 8 nitrogen and oxygen atoms in total. The van der Waals surface area contributed by atoms with Crippen molar-refractivity contribution in [2.24, 2.45) is 11.8 Å². The molecule has 1 aliphatic heterocycles. The highest BCUT2D eigenvalue weighted by Crippen LogP contribution is 2.44. The number of ether oxygens (including phenoxy) is 1. The van der Waals surface area contributed by atoms with Gasteiger partial charge in [-0.25, -0.2) is 9.78 Å². The van der Waals surface area contributed by atoms with Gasteiger partial charge in [-0.3, -0.25) is 14.9 Å². The molecule has 180 valence electrons. The minimum absolute atomic E-state index is 0.0160. The van der Waals surface area contributed by atoms with E-state index < -0.39 is 18.0 Å². The van der Waals surface area contributed by atoms with E-state index in [1.807, 2.05) is 24.3 Å². The normalized spacial score (nSPS) is 15.6. The summed E-state index contributed by atoms with van der Waals surface area (Å²) in [5, 5.41) is 13.8. The summed E-state index contributed by atoms with van der Waals surface area (Å²) in [5.74, 6) is -1.45. The molecule has 0 spiro atoms. The number of nitrogens with one attached hydrogen (secondary N) is 1. The number of rotatable bonds is 7. The van der Waals surface area contributed by atoms with Gasteiger partial charge in [0.05, 0.1) is 18.0 Å². The molecular weight excluding hydrogens is 466 g/mol. The number of anilines is 1. The van der Waals surface area contributed by atoms with Crippen LogP contribution in [-0.2, 0) is 20.7 Å². The number of nitrogens with zero attached hydrogens (tertiary/aromatic N) is 2. The molecule has 1 aromatic heterocycles. The predicted octanol–water partition coefficient (Wildman–Crippen LogP) is 4.23. The molecule has 0 radical (unpaired) electrons. The van der Waals surface area contributed by atoms with E-state index in [0.717, 1.165) is 22.3 Å². The Morgan fingerprint density at radius 3 is 2.37 bits per heavy atom. The molecule has 2 N–H and O–H groups in total. The van der Waals surface area contributed by atoms with Crippen LogP contribution in [0.15, 0.2) is 53.9 Å². The van der Waals surface area contributed by atoms with E-state index in [4.69, 9.17) is 9.84 Å². The lowest BCUT2D eigenvalue weighted by Crippen LogP contribution is -2.53. The summed E-state index contributed by atoms with van der Waals surface area (Å²) in [5.41, 5.74) is 5.17. The van der Waals surface area contributed by atoms with Gasteiger partial charge in [0.25, 0.3) is 0 Å². The molecule has 1 fully saturated rings. The number of carbonyl (C=O) groups is 3. The number of carboxylic acids is 1. The lowest BCUT2D eigenvalue weighted by atomic mass is 9.87. The summed E-state index contributed by atoms with van der Waals surface area (Å²) in [7, 11) is 0. The Kier molecular flexibility index (Phi) is 6.25. The average Bonchev–Trinajstić information content (AvgIpc) is 3.38. The van der Waals surface area contributed by atoms with Crippen molar-refractivity contribution in [3.8, 4) is 11.1 Å². The van der Waals surface area contributed by atoms with E-state index in [9.17, 15) is 14.4 Å². The van der Waals surface area contributed by atoms with Crippen LogP contribution in [0, 0.1) is 11.8 Å². The molecule has 1 atom stereocenters. The van der Waals surface area contributed by atoms with Crippen molar-refractivity contribution >= 4 is 34.4 Å². The number of likely N-dealkylation sites (tertiary alicyclic amines) is 1. The molecule has 2 heterocycles. The van der Waals surface area contributed by atoms with Crippen LogP contribution in [0.5, 0.6) is 0 Å². The van der Waals surface area contributed by atoms with Gasteiger partial charge in [-0.1, -0.05) is 55.5 Å². The number of carbonyl (C=O) groups excluding carboxylic acids is 2. The third kappa shape index (κ3) is 4.64. The molecule has 1 aliphatic carbocycles. The van der Waals surface area contributed by atoms with E-state index in [0.29, 0.717) is 23.9 Å². The molecule has 3 aromatic rings. The fourth-order valence-corrected chi connectivity index (χ4v) is 5.36. The Morgan fingerprint density at radius 1 is 1.11 bits per heavy atom. The van der Waals surface area contributed by atoms with Gasteiger partial charge < -0.3 is 14.7 Å². The summed E-state index contributed by atoms with van der Waals surface area (Å²) in [6, 6.07) is 16.3. The van der Waals surface area contributed by atoms with Gasteiger partial charge in [-0.2, -0.15) is 0 Å². The van der Waals surface area contributed by atoms with Gasteiger partial charge in [0.15, 0.2) is 5.13 Å². The first-order chi connectivity index (χ1) is 16.9. The van der Waals surface area contributed by atoms with Gasteiger partial charge in [-0.15, -0.1) is 11.3 Å². The first-order valence-electron chi connectivity index (χ1n) is 11.5. The molecule has 0 saturated carbocycles. The molecule has 5 rings (SSSR count). The molecule has 1 saturated heterocycles. The second kappa shape index (κ2) is 9.50. The van der Waals surface area contributed by atoms with Crippen molar-refractivity contribution in [2.75, 3.05) is 25.0 Å². The fraction of sp³-hybridized carbons (Fsp3) is 0.308. The van der Waals surface area contributed by atoms with Crippen LogP contribution in [0.1, 0.15) is 29.7 Å². The number of aromatic nitrogens is 1. The lowest BCUT2D eigenvalue weighted by molar-refractivity contribution is -0.150. The smallest absolute Gasteiger partial charge is 0.413 e. The molecule has 2 amide bonds. The van der Waals surface area contributed by atoms with Crippen LogP contribution in [-0.4, -0.2) is 52.7 Å². The number of benzene rings is 2. The standard InChI is InChI=1S/C26H25N3O5S/c1-15(24(31)32)16-11-29(12-16)23(30)10-17-14-35-25(27-17)28-26(33)34-13-22-20-8-4-2-6-18(20)19-7-3-5-9-21(19)22/h2-9,14-16,22H,10-13H2,1H3,(H,31,32)(H,27,28,33). The van der Waals surface area contributed by atoms with Crippen molar-refractivity contribution in [3.63, 3.8) is 0 Å². The Hall–Kier alpha value is -3.72. The van der Waals surface area contributed by atoms with Crippen LogP contribution >= 0.6 is 11.3 Å². The van der Waals surface area contributed by atoms with E-state index in [-0.39, 0.29) is 30.8 Å². The number of thiazole rings is 1. The number of amides is 2. The third-order valence-electron chi connectivity index (χ3n) is 6.80. The zero-order valence-electron chi connectivity index (χ0n) is 19.1. The zero-order valence-corrected chi connectivity index (χ0v) is 20.0. The van der Waals surface area contributed by atoms with Crippen LogP contribution in [0.3, 0.4) is 0 Å². The average molecular weight is 492 g/mol. The van der Waals surface area contributed by atoms with Crippen LogP contribution in [0.2, 0.25) is 0 Å². The maximum absolute atomic E-state index is 12.5. The molecule has 2 aromatic carbocycles. The van der Waals surface area contributed by atoms with Crippen molar-refractivity contribution in [2.45, 2.75) is 19.3 Å². The quantitative estimate of drug-likeness (QED) is 0.512. The van der Waals surface area contributed by atoms with Gasteiger partial charge in [-0.05, 0) is 22.3 Å². The molecule has 35 heavy (non-hydrogen) atoms. The maximum Gasteiger partial charge on any atom is 0.413 e. The van der Waals surface area contributed by atoms with E-state index in [1.165, 1.54) is 11.3 Å². The van der Waals surface area contributed by atoms with E-state index in [2.05, 4.69) is 34.6 Å². The molecule has 0 bridgehead atoms. The Balaban J connectivity index is 1.13. The van der Waals surface area contributed by atoms with Crippen molar-refractivity contribution in [1.29, 1.82) is 0 Å². The highest BCUT2D eigenvalue weighted by atomic mass is 32.1. The van der Waals surface area contributed by atoms with Gasteiger partial charge in [0.1, 0.15) is 6.61 Å². The highest BCUT2D eigenvalue weighted by molar-refractivity contribution is 7.13. The number of hydrogen-bond acceptors (Lipinski definition) is 6. The number of aliphatic carboxylic acids is 1. The first kappa shape index (κ1) is 23.0. The minimum atomic E-state index is -0.842. The van der Waals surface area contributed by atoms with Crippen molar-refractivity contribution in [1.82, 2.24) is 9.88 Å². The Bertz CT molecular complexity index is 1240. The zero-order chi connectivity index (χ0) is 24.5. The minimum Gasteiger partial charge on any atom is -0.481 e. The Morgan fingerprint density at radius 2 is 1.74 bits per heavy atom.